The van der Waals surface area contributed by atoms with Crippen LogP contribution in [-0.2, 0) is 9.53 Å². The summed E-state index contributed by atoms with van der Waals surface area (Å²) < 4.78 is 10.7. The molecule has 1 aromatic rings. The Labute approximate surface area is 129 Å². The summed E-state index contributed by atoms with van der Waals surface area (Å²) in [5, 5.41) is 8.62. The number of aliphatic carboxylic acids is 1. The monoisotopic (exact) mass is 307 g/mol. The van der Waals surface area contributed by atoms with Crippen LogP contribution in [-0.4, -0.2) is 54.3 Å². The van der Waals surface area contributed by atoms with E-state index < -0.39 is 12.6 Å². The van der Waals surface area contributed by atoms with Crippen LogP contribution >= 0.6 is 0 Å². The Balaban J connectivity index is 2.02. The van der Waals surface area contributed by atoms with Gasteiger partial charge in [-0.25, -0.2) is 4.79 Å². The van der Waals surface area contributed by atoms with E-state index in [1.807, 2.05) is 6.92 Å². The molecule has 0 aromatic heterocycles. The van der Waals surface area contributed by atoms with Crippen LogP contribution in [0.5, 0.6) is 5.75 Å². The third-order valence-electron chi connectivity index (χ3n) is 3.56. The molecule has 6 nitrogen and oxygen atoms in total. The number of carbonyl (C=O) groups excluding carboxylic acids is 1. The van der Waals surface area contributed by atoms with Gasteiger partial charge in [0.2, 0.25) is 0 Å². The molecule has 0 saturated carbocycles. The highest BCUT2D eigenvalue weighted by Crippen LogP contribution is 2.18. The van der Waals surface area contributed by atoms with E-state index in [9.17, 15) is 9.59 Å². The Morgan fingerprint density at radius 2 is 2.27 bits per heavy atom. The van der Waals surface area contributed by atoms with Crippen LogP contribution in [0, 0.1) is 0 Å². The normalized spacial score (nSPS) is 17.2. The van der Waals surface area contributed by atoms with Gasteiger partial charge in [0.15, 0.2) is 6.61 Å². The second-order valence-electron chi connectivity index (χ2n) is 5.19. The Kier molecular flexibility index (Phi) is 5.77. The number of carboxylic acid groups (broad SMARTS) is 1. The molecule has 1 atom stereocenters. The summed E-state index contributed by atoms with van der Waals surface area (Å²) in [6.07, 6.45) is 2.12. The van der Waals surface area contributed by atoms with Crippen molar-refractivity contribution >= 4 is 11.9 Å². The van der Waals surface area contributed by atoms with E-state index in [1.54, 1.807) is 29.2 Å². The summed E-state index contributed by atoms with van der Waals surface area (Å²) in [4.78, 5) is 24.8. The zero-order valence-corrected chi connectivity index (χ0v) is 12.7. The lowest BCUT2D eigenvalue weighted by atomic mass is 10.1. The maximum atomic E-state index is 12.6. The van der Waals surface area contributed by atoms with Gasteiger partial charge in [0, 0.05) is 25.3 Å². The molecule has 2 rings (SSSR count). The zero-order chi connectivity index (χ0) is 15.9. The Bertz CT molecular complexity index is 525. The Hall–Kier alpha value is -2.08. The fourth-order valence-electron chi connectivity index (χ4n) is 2.44. The maximum absolute atomic E-state index is 12.6. The lowest BCUT2D eigenvalue weighted by molar-refractivity contribution is -0.139. The number of hydrogen-bond acceptors (Lipinski definition) is 4. The molecule has 0 bridgehead atoms. The quantitative estimate of drug-likeness (QED) is 0.831. The zero-order valence-electron chi connectivity index (χ0n) is 12.7. The van der Waals surface area contributed by atoms with Gasteiger partial charge in [-0.15, -0.1) is 0 Å². The summed E-state index contributed by atoms with van der Waals surface area (Å²) >= 11 is 0. The Morgan fingerprint density at radius 3 is 2.91 bits per heavy atom. The minimum absolute atomic E-state index is 0.0984. The number of nitrogens with zero attached hydrogens (tertiary/aromatic N) is 1. The van der Waals surface area contributed by atoms with E-state index in [0.29, 0.717) is 24.4 Å². The second-order valence-corrected chi connectivity index (χ2v) is 5.19. The lowest BCUT2D eigenvalue weighted by Gasteiger charge is -2.24. The van der Waals surface area contributed by atoms with Crippen molar-refractivity contribution in [1.29, 1.82) is 0 Å². The summed E-state index contributed by atoms with van der Waals surface area (Å²) in [6, 6.07) is 6.60. The van der Waals surface area contributed by atoms with Crippen LogP contribution in [0.25, 0.3) is 0 Å². The van der Waals surface area contributed by atoms with E-state index in [2.05, 4.69) is 0 Å². The molecule has 1 aliphatic rings. The van der Waals surface area contributed by atoms with Crippen LogP contribution in [0.15, 0.2) is 24.3 Å². The highest BCUT2D eigenvalue weighted by molar-refractivity contribution is 5.94. The number of hydrogen-bond donors (Lipinski definition) is 1. The van der Waals surface area contributed by atoms with E-state index in [-0.39, 0.29) is 12.0 Å². The molecule has 1 heterocycles. The van der Waals surface area contributed by atoms with E-state index >= 15 is 0 Å². The van der Waals surface area contributed by atoms with Gasteiger partial charge in [-0.3, -0.25) is 4.79 Å². The number of carboxylic acids is 1. The van der Waals surface area contributed by atoms with Gasteiger partial charge in [-0.2, -0.15) is 0 Å². The third-order valence-corrected chi connectivity index (χ3v) is 3.56. The van der Waals surface area contributed by atoms with Gasteiger partial charge >= 0.3 is 5.97 Å². The van der Waals surface area contributed by atoms with Crippen molar-refractivity contribution in [2.75, 3.05) is 26.3 Å². The highest BCUT2D eigenvalue weighted by atomic mass is 16.5. The molecule has 1 aliphatic heterocycles. The molecule has 120 valence electrons. The smallest absolute Gasteiger partial charge is 0.341 e. The molecule has 0 aliphatic carbocycles. The standard InChI is InChI=1S/C16H21NO5/c1-2-17(10-14-7-4-8-21-14)16(20)12-5-3-6-13(9-12)22-11-15(18)19/h3,5-6,9,14H,2,4,7-8,10-11H2,1H3,(H,18,19). The fourth-order valence-corrected chi connectivity index (χ4v) is 2.44. The number of likely N-dealkylation sites (N-methyl/N-ethyl adjacent to an activating group) is 1. The number of benzene rings is 1. The predicted octanol–water partition coefficient (Wildman–Crippen LogP) is 1.79. The van der Waals surface area contributed by atoms with Crippen molar-refractivity contribution in [3.63, 3.8) is 0 Å². The van der Waals surface area contributed by atoms with Crippen LogP contribution in [0.1, 0.15) is 30.1 Å². The number of ether oxygens (including phenoxy) is 2. The van der Waals surface area contributed by atoms with Crippen molar-refractivity contribution in [3.05, 3.63) is 29.8 Å². The predicted molar refractivity (Wildman–Crippen MR) is 80.1 cm³/mol. The molecular weight excluding hydrogens is 286 g/mol. The molecule has 22 heavy (non-hydrogen) atoms. The van der Waals surface area contributed by atoms with Crippen molar-refractivity contribution in [2.24, 2.45) is 0 Å². The van der Waals surface area contributed by atoms with Crippen molar-refractivity contribution in [2.45, 2.75) is 25.9 Å². The van der Waals surface area contributed by atoms with Gasteiger partial charge in [-0.05, 0) is 38.0 Å². The summed E-state index contributed by atoms with van der Waals surface area (Å²) in [5.74, 6) is -0.773. The second kappa shape index (κ2) is 7.79. The third kappa shape index (κ3) is 4.46. The van der Waals surface area contributed by atoms with Crippen molar-refractivity contribution in [1.82, 2.24) is 4.90 Å². The lowest BCUT2D eigenvalue weighted by Crippen LogP contribution is -2.37. The first-order valence-electron chi connectivity index (χ1n) is 7.45. The highest BCUT2D eigenvalue weighted by Gasteiger charge is 2.22. The van der Waals surface area contributed by atoms with Crippen LogP contribution in [0.3, 0.4) is 0 Å². The number of carbonyl (C=O) groups is 2. The summed E-state index contributed by atoms with van der Waals surface area (Å²) in [5.41, 5.74) is 0.489. The summed E-state index contributed by atoms with van der Waals surface area (Å²) in [7, 11) is 0. The molecule has 1 N–H and O–H groups in total. The van der Waals surface area contributed by atoms with Crippen molar-refractivity contribution in [3.8, 4) is 5.75 Å². The topological polar surface area (TPSA) is 76.1 Å². The fraction of sp³-hybridized carbons (Fsp3) is 0.500. The molecular formula is C16H21NO5. The molecule has 1 fully saturated rings. The maximum Gasteiger partial charge on any atom is 0.341 e. The van der Waals surface area contributed by atoms with E-state index in [1.165, 1.54) is 0 Å². The molecule has 0 radical (unpaired) electrons. The van der Waals surface area contributed by atoms with Crippen LogP contribution in [0.2, 0.25) is 0 Å². The van der Waals surface area contributed by atoms with E-state index in [0.717, 1.165) is 19.4 Å². The summed E-state index contributed by atoms with van der Waals surface area (Å²) in [6.45, 7) is 3.44. The van der Waals surface area contributed by atoms with E-state index in [4.69, 9.17) is 14.6 Å². The largest absolute Gasteiger partial charge is 0.482 e. The average Bonchev–Trinajstić information content (AvgIpc) is 3.03. The van der Waals surface area contributed by atoms with Gasteiger partial charge in [0.1, 0.15) is 5.75 Å². The molecule has 0 spiro atoms. The van der Waals surface area contributed by atoms with Crippen LogP contribution in [0.4, 0.5) is 0 Å². The first-order chi connectivity index (χ1) is 10.6. The first kappa shape index (κ1) is 16.3. The average molecular weight is 307 g/mol. The molecule has 1 unspecified atom stereocenters. The number of amides is 1. The molecule has 1 aromatic carbocycles. The van der Waals surface area contributed by atoms with Gasteiger partial charge in [0.05, 0.1) is 6.10 Å². The van der Waals surface area contributed by atoms with Gasteiger partial charge in [-0.1, -0.05) is 6.07 Å². The molecule has 6 heteroatoms. The Morgan fingerprint density at radius 1 is 1.45 bits per heavy atom. The first-order valence-corrected chi connectivity index (χ1v) is 7.45. The van der Waals surface area contributed by atoms with Gasteiger partial charge < -0.3 is 19.5 Å². The molecule has 1 amide bonds. The van der Waals surface area contributed by atoms with Crippen LogP contribution < -0.4 is 4.74 Å². The van der Waals surface area contributed by atoms with Crippen molar-refractivity contribution < 1.29 is 24.2 Å². The number of rotatable bonds is 7. The SMILES string of the molecule is CCN(CC1CCCO1)C(=O)c1cccc(OCC(=O)O)c1. The van der Waals surface area contributed by atoms with Gasteiger partial charge in [0.25, 0.3) is 5.91 Å². The minimum atomic E-state index is -1.05. The minimum Gasteiger partial charge on any atom is -0.482 e. The molecule has 1 saturated heterocycles.